The SMILES string of the molecule is O=C(COC(=O)CN(Cc1ccccc1)Cc1ccccc1)Nc1cc(Cl)ccc1Cl. The molecule has 5 nitrogen and oxygen atoms in total. The van der Waals surface area contributed by atoms with Gasteiger partial charge in [-0.2, -0.15) is 0 Å². The summed E-state index contributed by atoms with van der Waals surface area (Å²) in [4.78, 5) is 26.5. The number of carbonyl (C=O) groups excluding carboxylic acids is 2. The first-order valence-electron chi connectivity index (χ1n) is 9.70. The molecule has 7 heteroatoms. The van der Waals surface area contributed by atoms with Crippen molar-refractivity contribution in [2.24, 2.45) is 0 Å². The number of hydrogen-bond acceptors (Lipinski definition) is 4. The summed E-state index contributed by atoms with van der Waals surface area (Å²) in [5, 5.41) is 3.38. The summed E-state index contributed by atoms with van der Waals surface area (Å²) >= 11 is 12.0. The molecular weight excluding hydrogens is 435 g/mol. The zero-order valence-corrected chi connectivity index (χ0v) is 18.3. The van der Waals surface area contributed by atoms with Crippen LogP contribution in [0, 0.1) is 0 Å². The molecule has 0 aliphatic rings. The van der Waals surface area contributed by atoms with Crippen molar-refractivity contribution in [3.63, 3.8) is 0 Å². The summed E-state index contributed by atoms with van der Waals surface area (Å²) in [6, 6.07) is 24.5. The first-order chi connectivity index (χ1) is 15.0. The van der Waals surface area contributed by atoms with E-state index in [2.05, 4.69) is 5.32 Å². The summed E-state index contributed by atoms with van der Waals surface area (Å²) in [5.74, 6) is -0.977. The topological polar surface area (TPSA) is 58.6 Å². The third kappa shape index (κ3) is 7.72. The third-order valence-electron chi connectivity index (χ3n) is 4.42. The van der Waals surface area contributed by atoms with Gasteiger partial charge < -0.3 is 10.1 Å². The fourth-order valence-electron chi connectivity index (χ4n) is 3.00. The fourth-order valence-corrected chi connectivity index (χ4v) is 3.34. The van der Waals surface area contributed by atoms with Gasteiger partial charge >= 0.3 is 5.97 Å². The molecule has 0 aliphatic carbocycles. The molecule has 3 aromatic carbocycles. The number of nitrogens with zero attached hydrogens (tertiary/aromatic N) is 1. The number of carbonyl (C=O) groups is 2. The Hall–Kier alpha value is -2.86. The van der Waals surface area contributed by atoms with Gasteiger partial charge in [-0.25, -0.2) is 0 Å². The second-order valence-corrected chi connectivity index (χ2v) is 7.79. The van der Waals surface area contributed by atoms with Gasteiger partial charge in [-0.1, -0.05) is 83.9 Å². The minimum atomic E-state index is -0.491. The van der Waals surface area contributed by atoms with Crippen LogP contribution in [0.15, 0.2) is 78.9 Å². The normalized spacial score (nSPS) is 10.7. The van der Waals surface area contributed by atoms with Crippen LogP contribution < -0.4 is 5.32 Å². The standard InChI is InChI=1S/C24H22Cl2N2O3/c25-20-11-12-21(26)22(13-20)27-23(29)17-31-24(30)16-28(14-18-7-3-1-4-8-18)15-19-9-5-2-6-10-19/h1-13H,14-17H2,(H,27,29). The van der Waals surface area contributed by atoms with E-state index in [9.17, 15) is 9.59 Å². The van der Waals surface area contributed by atoms with E-state index >= 15 is 0 Å². The second-order valence-electron chi connectivity index (χ2n) is 6.95. The first-order valence-corrected chi connectivity index (χ1v) is 10.5. The predicted molar refractivity (Wildman–Crippen MR) is 123 cm³/mol. The molecule has 0 saturated carbocycles. The molecule has 0 aliphatic heterocycles. The average molecular weight is 457 g/mol. The van der Waals surface area contributed by atoms with Crippen LogP contribution in [0.5, 0.6) is 0 Å². The molecule has 160 valence electrons. The molecule has 0 saturated heterocycles. The molecule has 0 unspecified atom stereocenters. The van der Waals surface area contributed by atoms with E-state index in [1.165, 1.54) is 6.07 Å². The lowest BCUT2D eigenvalue weighted by Gasteiger charge is -2.21. The van der Waals surface area contributed by atoms with Crippen LogP contribution >= 0.6 is 23.2 Å². The zero-order valence-electron chi connectivity index (χ0n) is 16.8. The second kappa shape index (κ2) is 11.5. The Labute approximate surface area is 191 Å². The van der Waals surface area contributed by atoms with Gasteiger partial charge in [0.05, 0.1) is 17.3 Å². The van der Waals surface area contributed by atoms with E-state index in [1.54, 1.807) is 12.1 Å². The Kier molecular flexibility index (Phi) is 8.47. The van der Waals surface area contributed by atoms with Crippen LogP contribution in [0.25, 0.3) is 0 Å². The van der Waals surface area contributed by atoms with Crippen molar-refractivity contribution in [1.29, 1.82) is 0 Å². The molecule has 0 heterocycles. The van der Waals surface area contributed by atoms with Gasteiger partial charge in [0, 0.05) is 18.1 Å². The fraction of sp³-hybridized carbons (Fsp3) is 0.167. The lowest BCUT2D eigenvalue weighted by atomic mass is 10.1. The molecule has 31 heavy (non-hydrogen) atoms. The van der Waals surface area contributed by atoms with Crippen LogP contribution in [0.2, 0.25) is 10.0 Å². The number of amides is 1. The van der Waals surface area contributed by atoms with Gasteiger partial charge in [0.1, 0.15) is 0 Å². The van der Waals surface area contributed by atoms with Crippen molar-refractivity contribution < 1.29 is 14.3 Å². The highest BCUT2D eigenvalue weighted by Gasteiger charge is 2.15. The number of nitrogens with one attached hydrogen (secondary N) is 1. The molecule has 0 radical (unpaired) electrons. The van der Waals surface area contributed by atoms with Crippen LogP contribution in [0.4, 0.5) is 5.69 Å². The van der Waals surface area contributed by atoms with Crippen LogP contribution in [-0.4, -0.2) is 29.9 Å². The molecule has 0 atom stereocenters. The maximum atomic E-state index is 12.4. The van der Waals surface area contributed by atoms with Crippen molar-refractivity contribution in [2.45, 2.75) is 13.1 Å². The summed E-state index contributed by atoms with van der Waals surface area (Å²) in [5.41, 5.74) is 2.53. The average Bonchev–Trinajstić information content (AvgIpc) is 2.76. The van der Waals surface area contributed by atoms with Crippen LogP contribution in [0.3, 0.4) is 0 Å². The summed E-state index contributed by atoms with van der Waals surface area (Å²) in [6.45, 7) is 0.797. The van der Waals surface area contributed by atoms with E-state index in [4.69, 9.17) is 27.9 Å². The quantitative estimate of drug-likeness (QED) is 0.450. The van der Waals surface area contributed by atoms with Gasteiger partial charge in [0.2, 0.25) is 0 Å². The third-order valence-corrected chi connectivity index (χ3v) is 4.98. The molecule has 0 aromatic heterocycles. The smallest absolute Gasteiger partial charge is 0.320 e. The van der Waals surface area contributed by atoms with Crippen molar-refractivity contribution in [3.05, 3.63) is 100 Å². The number of esters is 1. The highest BCUT2D eigenvalue weighted by atomic mass is 35.5. The lowest BCUT2D eigenvalue weighted by Crippen LogP contribution is -2.32. The highest BCUT2D eigenvalue weighted by Crippen LogP contribution is 2.25. The first kappa shape index (κ1) is 22.8. The van der Waals surface area contributed by atoms with Crippen molar-refractivity contribution in [2.75, 3.05) is 18.5 Å². The van der Waals surface area contributed by atoms with Crippen LogP contribution in [-0.2, 0) is 27.4 Å². The Morgan fingerprint density at radius 3 is 2.00 bits per heavy atom. The highest BCUT2D eigenvalue weighted by molar-refractivity contribution is 6.35. The molecule has 3 rings (SSSR count). The monoisotopic (exact) mass is 456 g/mol. The minimum absolute atomic E-state index is 0.0506. The molecule has 0 bridgehead atoms. The summed E-state index contributed by atoms with van der Waals surface area (Å²) in [7, 11) is 0. The summed E-state index contributed by atoms with van der Waals surface area (Å²) < 4.78 is 5.18. The van der Waals surface area contributed by atoms with Gasteiger partial charge in [0.25, 0.3) is 5.91 Å². The maximum Gasteiger partial charge on any atom is 0.320 e. The number of rotatable bonds is 9. The van der Waals surface area contributed by atoms with E-state index in [1.807, 2.05) is 65.6 Å². The Morgan fingerprint density at radius 2 is 1.42 bits per heavy atom. The van der Waals surface area contributed by atoms with E-state index in [-0.39, 0.29) is 6.54 Å². The predicted octanol–water partition coefficient (Wildman–Crippen LogP) is 5.18. The van der Waals surface area contributed by atoms with E-state index in [0.29, 0.717) is 28.8 Å². The molecule has 3 aromatic rings. The molecule has 1 amide bonds. The number of hydrogen-bond donors (Lipinski definition) is 1. The Balaban J connectivity index is 1.56. The maximum absolute atomic E-state index is 12.4. The van der Waals surface area contributed by atoms with Crippen molar-refractivity contribution in [3.8, 4) is 0 Å². The Bertz CT molecular complexity index is 972. The molecule has 0 spiro atoms. The Morgan fingerprint density at radius 1 is 0.839 bits per heavy atom. The van der Waals surface area contributed by atoms with Gasteiger partial charge in [0.15, 0.2) is 6.61 Å². The largest absolute Gasteiger partial charge is 0.455 e. The summed E-state index contributed by atoms with van der Waals surface area (Å²) in [6.07, 6.45) is 0. The van der Waals surface area contributed by atoms with Crippen molar-refractivity contribution >= 4 is 40.8 Å². The van der Waals surface area contributed by atoms with Gasteiger partial charge in [-0.3, -0.25) is 14.5 Å². The molecule has 1 N–H and O–H groups in total. The number of halogens is 2. The minimum Gasteiger partial charge on any atom is -0.455 e. The zero-order chi connectivity index (χ0) is 22.1. The van der Waals surface area contributed by atoms with Crippen molar-refractivity contribution in [1.82, 2.24) is 4.90 Å². The van der Waals surface area contributed by atoms with Gasteiger partial charge in [-0.15, -0.1) is 0 Å². The lowest BCUT2D eigenvalue weighted by molar-refractivity contribution is -0.148. The number of benzene rings is 3. The molecular formula is C24H22Cl2N2O3. The molecule has 0 fully saturated rings. The number of anilines is 1. The van der Waals surface area contributed by atoms with Crippen LogP contribution in [0.1, 0.15) is 11.1 Å². The number of ether oxygens (including phenoxy) is 1. The van der Waals surface area contributed by atoms with E-state index < -0.39 is 18.5 Å². The van der Waals surface area contributed by atoms with E-state index in [0.717, 1.165) is 11.1 Å². The van der Waals surface area contributed by atoms with Gasteiger partial charge in [-0.05, 0) is 29.3 Å².